The summed E-state index contributed by atoms with van der Waals surface area (Å²) in [6.45, 7) is 5.87. The Morgan fingerprint density at radius 3 is 2.00 bits per heavy atom. The van der Waals surface area contributed by atoms with E-state index in [-0.39, 0.29) is 3.80 Å². The average molecular weight is 423 g/mol. The normalized spacial score (nSPS) is 12.2. The molecule has 0 radical (unpaired) electrons. The van der Waals surface area contributed by atoms with Gasteiger partial charge in [-0.15, -0.1) is 0 Å². The zero-order valence-corrected chi connectivity index (χ0v) is 17.3. The Bertz CT molecular complexity index is 541. The first kappa shape index (κ1) is 19.9. The van der Waals surface area contributed by atoms with Crippen molar-refractivity contribution in [2.45, 2.75) is 55.3 Å². The first-order chi connectivity index (χ1) is 11.0. The molecule has 0 heterocycles. The van der Waals surface area contributed by atoms with Gasteiger partial charge in [0.2, 0.25) is 0 Å². The quantitative estimate of drug-likeness (QED) is 0.425. The summed E-state index contributed by atoms with van der Waals surface area (Å²) in [7, 11) is 0. The summed E-state index contributed by atoms with van der Waals surface area (Å²) in [6.07, 6.45) is 4.07. The van der Waals surface area contributed by atoms with Crippen molar-refractivity contribution in [3.63, 3.8) is 0 Å². The van der Waals surface area contributed by atoms with E-state index in [1.54, 1.807) is 6.92 Å². The zero-order chi connectivity index (χ0) is 17.3. The second-order valence-corrected chi connectivity index (χ2v) is 17.8. The Kier molecular flexibility index (Phi) is 8.59. The van der Waals surface area contributed by atoms with E-state index in [0.717, 1.165) is 40.1 Å². The van der Waals surface area contributed by atoms with Crippen LogP contribution in [0.25, 0.3) is 0 Å². The van der Waals surface area contributed by atoms with Crippen molar-refractivity contribution < 1.29 is 14.7 Å². The van der Waals surface area contributed by atoms with Crippen molar-refractivity contribution in [1.82, 2.24) is 0 Å². The number of carbonyl (C=O) groups is 2. The number of carboxylic acids is 1. The van der Waals surface area contributed by atoms with Crippen LogP contribution in [0, 0.1) is 0 Å². The van der Waals surface area contributed by atoms with Crippen LogP contribution in [0.4, 0.5) is 0 Å². The van der Waals surface area contributed by atoms with Gasteiger partial charge in [-0.1, -0.05) is 0 Å². The van der Waals surface area contributed by atoms with Crippen LogP contribution in [0.5, 0.6) is 0 Å². The van der Waals surface area contributed by atoms with Crippen LogP contribution in [-0.4, -0.2) is 33.3 Å². The van der Waals surface area contributed by atoms with Crippen LogP contribution in [0.2, 0.25) is 8.87 Å². The first-order valence-electron chi connectivity index (χ1n) is 8.49. The van der Waals surface area contributed by atoms with Crippen LogP contribution < -0.4 is 0 Å². The van der Waals surface area contributed by atoms with Gasteiger partial charge in [0.25, 0.3) is 0 Å². The molecule has 1 aromatic rings. The summed E-state index contributed by atoms with van der Waals surface area (Å²) in [6, 6.07) is 9.42. The Labute approximate surface area is 143 Å². The van der Waals surface area contributed by atoms with E-state index in [1.165, 1.54) is 0 Å². The van der Waals surface area contributed by atoms with Gasteiger partial charge >= 0.3 is 144 Å². The third kappa shape index (κ3) is 5.79. The van der Waals surface area contributed by atoms with E-state index in [0.29, 0.717) is 5.57 Å². The Morgan fingerprint density at radius 1 is 1.04 bits per heavy atom. The van der Waals surface area contributed by atoms with Gasteiger partial charge in [-0.3, -0.25) is 0 Å². The van der Waals surface area contributed by atoms with Crippen LogP contribution in [0.15, 0.2) is 40.0 Å². The minimum atomic E-state index is -3.40. The van der Waals surface area contributed by atoms with Gasteiger partial charge in [-0.05, 0) is 0 Å². The van der Waals surface area contributed by atoms with E-state index in [9.17, 15) is 14.7 Å². The molecule has 0 aliphatic rings. The summed E-state index contributed by atoms with van der Waals surface area (Å²) in [5, 5.41) is 9.30. The standard InChI is InChI=1S/C7H5O.C4H5O2.2C4H9.Sn/c8-6-7-4-2-1-3-5-7;1-3(2)4(5)6;2*1-3-4-2;/h1-5H;1H,2H3,(H,5,6);2*1,3-4H2,2H3;. The van der Waals surface area contributed by atoms with Crippen molar-refractivity contribution in [2.24, 2.45) is 0 Å². The minimum absolute atomic E-state index is 0.252. The molecule has 1 rings (SSSR count). The molecule has 0 spiro atoms. The van der Waals surface area contributed by atoms with Gasteiger partial charge in [0.1, 0.15) is 0 Å². The predicted octanol–water partition coefficient (Wildman–Crippen LogP) is 5.03. The molecule has 0 bridgehead atoms. The van der Waals surface area contributed by atoms with Crippen molar-refractivity contribution in [3.05, 3.63) is 45.6 Å². The second kappa shape index (κ2) is 9.91. The van der Waals surface area contributed by atoms with E-state index in [1.807, 2.05) is 34.4 Å². The summed E-state index contributed by atoms with van der Waals surface area (Å²) in [5.41, 5.74) is 1.10. The number of hydrogen-bond acceptors (Lipinski definition) is 2. The third-order valence-corrected chi connectivity index (χ3v) is 17.6. The molecule has 0 aliphatic carbocycles. The second-order valence-electron chi connectivity index (χ2n) is 6.19. The van der Waals surface area contributed by atoms with Gasteiger partial charge in [-0.2, -0.15) is 0 Å². The molecule has 0 aromatic heterocycles. The molecule has 0 atom stereocenters. The molecular formula is C19H28O3Sn. The monoisotopic (exact) mass is 424 g/mol. The summed E-state index contributed by atoms with van der Waals surface area (Å²) >= 11 is -3.40. The average Bonchev–Trinajstić information content (AvgIpc) is 2.57. The Morgan fingerprint density at radius 2 is 1.57 bits per heavy atom. The molecule has 23 heavy (non-hydrogen) atoms. The molecule has 1 N–H and O–H groups in total. The molecule has 0 saturated carbocycles. The molecular weight excluding hydrogens is 395 g/mol. The first-order valence-corrected chi connectivity index (χ1v) is 15.6. The Balaban J connectivity index is 3.32. The number of carboxylic acid groups (broad SMARTS) is 1. The SMILES string of the molecule is CCC[CH2][Sn](/[CH]=C(\C)C(=O)O)([CH2]CCC)[C](=O)c1ccccc1. The van der Waals surface area contributed by atoms with Crippen molar-refractivity contribution in [3.8, 4) is 0 Å². The fourth-order valence-corrected chi connectivity index (χ4v) is 16.6. The fraction of sp³-hybridized carbons (Fsp3) is 0.474. The van der Waals surface area contributed by atoms with Crippen molar-refractivity contribution >= 4 is 28.1 Å². The van der Waals surface area contributed by atoms with Crippen LogP contribution in [-0.2, 0) is 4.79 Å². The predicted molar refractivity (Wildman–Crippen MR) is 97.3 cm³/mol. The zero-order valence-electron chi connectivity index (χ0n) is 14.5. The van der Waals surface area contributed by atoms with Crippen LogP contribution in [0.1, 0.15) is 56.8 Å². The molecule has 0 amide bonds. The molecule has 1 aromatic carbocycles. The number of aliphatic carboxylic acids is 1. The van der Waals surface area contributed by atoms with E-state index in [2.05, 4.69) is 13.8 Å². The van der Waals surface area contributed by atoms with Crippen molar-refractivity contribution in [2.75, 3.05) is 0 Å². The van der Waals surface area contributed by atoms with Gasteiger partial charge in [0.15, 0.2) is 0 Å². The maximum absolute atomic E-state index is 13.3. The summed E-state index contributed by atoms with van der Waals surface area (Å²) in [5.74, 6) is -0.903. The fourth-order valence-electron chi connectivity index (χ4n) is 2.90. The molecule has 0 aliphatic heterocycles. The third-order valence-electron chi connectivity index (χ3n) is 4.27. The number of rotatable bonds is 10. The molecule has 126 valence electrons. The Hall–Kier alpha value is -1.10. The van der Waals surface area contributed by atoms with Gasteiger partial charge in [-0.25, -0.2) is 0 Å². The molecule has 0 saturated heterocycles. The number of hydrogen-bond donors (Lipinski definition) is 1. The number of benzene rings is 1. The van der Waals surface area contributed by atoms with Gasteiger partial charge in [0, 0.05) is 0 Å². The van der Waals surface area contributed by atoms with Crippen LogP contribution >= 0.6 is 0 Å². The molecule has 0 unspecified atom stereocenters. The van der Waals surface area contributed by atoms with Crippen molar-refractivity contribution in [1.29, 1.82) is 0 Å². The molecule has 0 fully saturated rings. The number of unbranched alkanes of at least 4 members (excludes halogenated alkanes) is 2. The number of carbonyl (C=O) groups excluding carboxylic acids is 1. The van der Waals surface area contributed by atoms with E-state index in [4.69, 9.17) is 0 Å². The van der Waals surface area contributed by atoms with E-state index >= 15 is 0 Å². The maximum atomic E-state index is 13.3. The van der Waals surface area contributed by atoms with E-state index < -0.39 is 24.3 Å². The summed E-state index contributed by atoms with van der Waals surface area (Å²) < 4.78 is 3.98. The summed E-state index contributed by atoms with van der Waals surface area (Å²) in [4.78, 5) is 24.6. The molecule has 3 nitrogen and oxygen atoms in total. The van der Waals surface area contributed by atoms with Crippen LogP contribution in [0.3, 0.4) is 0 Å². The van der Waals surface area contributed by atoms with Gasteiger partial charge in [0.05, 0.1) is 0 Å². The molecule has 4 heteroatoms. The topological polar surface area (TPSA) is 54.4 Å². The van der Waals surface area contributed by atoms with Gasteiger partial charge < -0.3 is 0 Å².